The first-order valence-corrected chi connectivity index (χ1v) is 6.32. The summed E-state index contributed by atoms with van der Waals surface area (Å²) in [4.78, 5) is 3.96. The maximum Gasteiger partial charge on any atom is 0.148 e. The summed E-state index contributed by atoms with van der Waals surface area (Å²) >= 11 is 0. The van der Waals surface area contributed by atoms with Crippen molar-refractivity contribution in [2.45, 2.75) is 6.42 Å². The maximum absolute atomic E-state index is 9.80. The van der Waals surface area contributed by atoms with Crippen molar-refractivity contribution in [2.75, 3.05) is 0 Å². The Balaban J connectivity index is 2.09. The minimum atomic E-state index is 0.102. The number of benzene rings is 2. The van der Waals surface area contributed by atoms with E-state index in [1.807, 2.05) is 36.4 Å². The largest absolute Gasteiger partial charge is 0.506 e. The van der Waals surface area contributed by atoms with Crippen LogP contribution in [0.5, 0.6) is 5.75 Å². The first kappa shape index (κ1) is 12.2. The van der Waals surface area contributed by atoms with Crippen LogP contribution in [0.3, 0.4) is 0 Å². The van der Waals surface area contributed by atoms with Gasteiger partial charge in [-0.2, -0.15) is 5.26 Å². The summed E-state index contributed by atoms with van der Waals surface area (Å²) in [7, 11) is 0. The summed E-state index contributed by atoms with van der Waals surface area (Å²) in [5.41, 5.74) is 2.64. The zero-order valence-corrected chi connectivity index (χ0v) is 10.7. The van der Waals surface area contributed by atoms with E-state index in [1.54, 1.807) is 0 Å². The molecule has 0 amide bonds. The van der Waals surface area contributed by atoms with Crippen LogP contribution >= 0.6 is 0 Å². The van der Waals surface area contributed by atoms with Crippen LogP contribution in [-0.4, -0.2) is 10.1 Å². The molecule has 0 aliphatic carbocycles. The summed E-state index contributed by atoms with van der Waals surface area (Å²) in [6, 6.07) is 17.9. The van der Waals surface area contributed by atoms with Crippen LogP contribution < -0.4 is 0 Å². The van der Waals surface area contributed by atoms with Gasteiger partial charge in [-0.05, 0) is 23.6 Å². The summed E-state index contributed by atoms with van der Waals surface area (Å²) in [5, 5.41) is 20.3. The molecular formula is C17H12N2O. The fraction of sp³-hybridized carbons (Fsp3) is 0.0588. The van der Waals surface area contributed by atoms with Crippen molar-refractivity contribution in [3.8, 4) is 11.8 Å². The number of nitrogens with zero attached hydrogens (tertiary/aromatic N) is 2. The Morgan fingerprint density at radius 2 is 1.80 bits per heavy atom. The molecule has 0 bridgehead atoms. The Hall–Kier alpha value is -2.86. The second kappa shape index (κ2) is 5.02. The molecule has 20 heavy (non-hydrogen) atoms. The van der Waals surface area contributed by atoms with Crippen LogP contribution in [0.1, 0.15) is 16.8 Å². The lowest BCUT2D eigenvalue weighted by Crippen LogP contribution is -1.91. The highest BCUT2D eigenvalue weighted by molar-refractivity contribution is 5.91. The quantitative estimate of drug-likeness (QED) is 0.768. The third-order valence-corrected chi connectivity index (χ3v) is 3.29. The summed E-state index contributed by atoms with van der Waals surface area (Å²) in [5.74, 6) is 0.102. The standard InChI is InChI=1S/C17H12N2O/c18-10-16-15-9-13(8-12-4-2-1-3-5-12)6-7-14(15)17(20)11-19-16/h1-7,9,11,20H,8H2. The van der Waals surface area contributed by atoms with Gasteiger partial charge in [0.2, 0.25) is 0 Å². The van der Waals surface area contributed by atoms with Crippen molar-refractivity contribution in [1.82, 2.24) is 4.98 Å². The first-order chi connectivity index (χ1) is 9.78. The highest BCUT2D eigenvalue weighted by Gasteiger charge is 2.07. The van der Waals surface area contributed by atoms with Crippen LogP contribution in [0, 0.1) is 11.3 Å². The van der Waals surface area contributed by atoms with Gasteiger partial charge in [0, 0.05) is 10.8 Å². The molecule has 0 saturated carbocycles. The van der Waals surface area contributed by atoms with Crippen LogP contribution in [-0.2, 0) is 6.42 Å². The number of hydrogen-bond acceptors (Lipinski definition) is 3. The zero-order chi connectivity index (χ0) is 13.9. The molecule has 3 aromatic rings. The number of fused-ring (bicyclic) bond motifs is 1. The first-order valence-electron chi connectivity index (χ1n) is 6.32. The zero-order valence-electron chi connectivity index (χ0n) is 10.7. The van der Waals surface area contributed by atoms with Gasteiger partial charge in [0.25, 0.3) is 0 Å². The number of hydrogen-bond donors (Lipinski definition) is 1. The fourth-order valence-electron chi connectivity index (χ4n) is 2.31. The average molecular weight is 260 g/mol. The molecule has 0 saturated heterocycles. The van der Waals surface area contributed by atoms with Crippen molar-refractivity contribution in [2.24, 2.45) is 0 Å². The van der Waals surface area contributed by atoms with Gasteiger partial charge in [-0.25, -0.2) is 4.98 Å². The topological polar surface area (TPSA) is 56.9 Å². The molecule has 3 rings (SSSR count). The molecule has 0 fully saturated rings. The van der Waals surface area contributed by atoms with Gasteiger partial charge in [0.15, 0.2) is 0 Å². The molecule has 1 N–H and O–H groups in total. The van der Waals surface area contributed by atoms with E-state index in [4.69, 9.17) is 5.26 Å². The van der Waals surface area contributed by atoms with Crippen molar-refractivity contribution < 1.29 is 5.11 Å². The van der Waals surface area contributed by atoms with Crippen molar-refractivity contribution in [1.29, 1.82) is 5.26 Å². The van der Waals surface area contributed by atoms with Crippen LogP contribution in [0.15, 0.2) is 54.7 Å². The SMILES string of the molecule is N#Cc1ncc(O)c2ccc(Cc3ccccc3)cc12. The van der Waals surface area contributed by atoms with Crippen LogP contribution in [0.25, 0.3) is 10.8 Å². The van der Waals surface area contributed by atoms with Crippen LogP contribution in [0.2, 0.25) is 0 Å². The van der Waals surface area contributed by atoms with E-state index >= 15 is 0 Å². The van der Waals surface area contributed by atoms with E-state index < -0.39 is 0 Å². The van der Waals surface area contributed by atoms with Crippen molar-refractivity contribution in [3.63, 3.8) is 0 Å². The van der Waals surface area contributed by atoms with Gasteiger partial charge < -0.3 is 5.11 Å². The third-order valence-electron chi connectivity index (χ3n) is 3.29. The molecule has 0 aliphatic rings. The molecular weight excluding hydrogens is 248 g/mol. The summed E-state index contributed by atoms with van der Waals surface area (Å²) < 4.78 is 0. The van der Waals surface area contributed by atoms with E-state index in [9.17, 15) is 5.11 Å². The number of aromatic nitrogens is 1. The van der Waals surface area contributed by atoms with E-state index in [-0.39, 0.29) is 5.75 Å². The smallest absolute Gasteiger partial charge is 0.148 e. The Bertz CT molecular complexity index is 804. The molecule has 0 spiro atoms. The van der Waals surface area contributed by atoms with Gasteiger partial charge in [-0.3, -0.25) is 0 Å². The predicted octanol–water partition coefficient (Wildman–Crippen LogP) is 3.40. The van der Waals surface area contributed by atoms with Gasteiger partial charge in [0.1, 0.15) is 17.5 Å². The number of aromatic hydroxyl groups is 1. The van der Waals surface area contributed by atoms with E-state index in [1.165, 1.54) is 11.8 Å². The van der Waals surface area contributed by atoms with E-state index in [2.05, 4.69) is 23.2 Å². The lowest BCUT2D eigenvalue weighted by Gasteiger charge is -2.06. The molecule has 0 atom stereocenters. The number of nitriles is 1. The monoisotopic (exact) mass is 260 g/mol. The lowest BCUT2D eigenvalue weighted by molar-refractivity contribution is 0.479. The second-order valence-electron chi connectivity index (χ2n) is 4.65. The van der Waals surface area contributed by atoms with E-state index in [0.717, 1.165) is 12.0 Å². The average Bonchev–Trinajstić information content (AvgIpc) is 2.49. The van der Waals surface area contributed by atoms with Gasteiger partial charge in [0.05, 0.1) is 6.20 Å². The van der Waals surface area contributed by atoms with Gasteiger partial charge >= 0.3 is 0 Å². The highest BCUT2D eigenvalue weighted by Crippen LogP contribution is 2.27. The Morgan fingerprint density at radius 3 is 2.55 bits per heavy atom. The molecule has 2 aromatic carbocycles. The lowest BCUT2D eigenvalue weighted by atomic mass is 10.0. The number of rotatable bonds is 2. The predicted molar refractivity (Wildman–Crippen MR) is 77.4 cm³/mol. The normalized spacial score (nSPS) is 10.3. The Kier molecular flexibility index (Phi) is 3.06. The number of pyridine rings is 1. The van der Waals surface area contributed by atoms with Gasteiger partial charge in [-0.1, -0.05) is 42.5 Å². The fourth-order valence-corrected chi connectivity index (χ4v) is 2.31. The Morgan fingerprint density at radius 1 is 1.00 bits per heavy atom. The molecule has 0 aliphatic heterocycles. The molecule has 0 radical (unpaired) electrons. The molecule has 3 nitrogen and oxygen atoms in total. The van der Waals surface area contributed by atoms with Gasteiger partial charge in [-0.15, -0.1) is 0 Å². The van der Waals surface area contributed by atoms with Crippen molar-refractivity contribution in [3.05, 3.63) is 71.5 Å². The molecule has 1 aromatic heterocycles. The maximum atomic E-state index is 9.80. The minimum absolute atomic E-state index is 0.102. The van der Waals surface area contributed by atoms with E-state index in [0.29, 0.717) is 16.5 Å². The molecule has 3 heteroatoms. The van der Waals surface area contributed by atoms with Crippen molar-refractivity contribution >= 4 is 10.8 Å². The summed E-state index contributed by atoms with van der Waals surface area (Å²) in [6.45, 7) is 0. The molecule has 96 valence electrons. The summed E-state index contributed by atoms with van der Waals surface area (Å²) in [6.07, 6.45) is 2.11. The highest BCUT2D eigenvalue weighted by atomic mass is 16.3. The third kappa shape index (κ3) is 2.19. The minimum Gasteiger partial charge on any atom is -0.506 e. The van der Waals surface area contributed by atoms with Crippen LogP contribution in [0.4, 0.5) is 0 Å². The second-order valence-corrected chi connectivity index (χ2v) is 4.65. The molecule has 0 unspecified atom stereocenters. The molecule has 1 heterocycles. The Labute approximate surface area is 116 Å².